The van der Waals surface area contributed by atoms with Crippen LogP contribution in [-0.4, -0.2) is 40.8 Å². The summed E-state index contributed by atoms with van der Waals surface area (Å²) in [6, 6.07) is 9.36. The van der Waals surface area contributed by atoms with Gasteiger partial charge in [-0.2, -0.15) is 0 Å². The highest BCUT2D eigenvalue weighted by Crippen LogP contribution is 2.20. The minimum absolute atomic E-state index is 0.172. The molecule has 1 aliphatic rings. The maximum absolute atomic E-state index is 11.9. The number of nitrogens with one attached hydrogen (secondary N) is 1. The average molecular weight is 305 g/mol. The number of hydrogen-bond donors (Lipinski definition) is 2. The second kappa shape index (κ2) is 6.78. The molecule has 1 fully saturated rings. The van der Waals surface area contributed by atoms with Gasteiger partial charge in [-0.15, -0.1) is 0 Å². The van der Waals surface area contributed by atoms with Crippen LogP contribution in [0, 0.1) is 0 Å². The average Bonchev–Trinajstić information content (AvgIpc) is 2.45. The van der Waals surface area contributed by atoms with Crippen molar-refractivity contribution in [3.8, 4) is 0 Å². The van der Waals surface area contributed by atoms with E-state index in [1.807, 2.05) is 42.2 Å². The maximum Gasteiger partial charge on any atom is 0.243 e. The summed E-state index contributed by atoms with van der Waals surface area (Å²) in [4.78, 5) is 25.7. The second-order valence-electron chi connectivity index (χ2n) is 5.13. The zero-order valence-corrected chi connectivity index (χ0v) is 12.7. The highest BCUT2D eigenvalue weighted by molar-refractivity contribution is 7.80. The van der Waals surface area contributed by atoms with Crippen molar-refractivity contribution < 1.29 is 9.59 Å². The smallest absolute Gasteiger partial charge is 0.243 e. The van der Waals surface area contributed by atoms with E-state index >= 15 is 0 Å². The molecule has 21 heavy (non-hydrogen) atoms. The summed E-state index contributed by atoms with van der Waals surface area (Å²) in [5, 5.41) is 2.37. The summed E-state index contributed by atoms with van der Waals surface area (Å²) in [5.74, 6) is -0.697. The molecule has 1 aliphatic heterocycles. The number of nitrogens with zero attached hydrogens (tertiary/aromatic N) is 1. The molecule has 2 amide bonds. The molecule has 1 heterocycles. The third-order valence-electron chi connectivity index (χ3n) is 3.70. The van der Waals surface area contributed by atoms with Crippen LogP contribution in [0.3, 0.4) is 0 Å². The molecule has 2 unspecified atom stereocenters. The quantitative estimate of drug-likeness (QED) is 0.621. The molecule has 0 saturated carbocycles. The Balaban J connectivity index is 2.21. The van der Waals surface area contributed by atoms with Gasteiger partial charge in [-0.3, -0.25) is 19.8 Å². The van der Waals surface area contributed by atoms with Gasteiger partial charge in [0.1, 0.15) is 0 Å². The zero-order valence-electron chi connectivity index (χ0n) is 11.9. The Morgan fingerprint density at radius 2 is 2.10 bits per heavy atom. The molecule has 3 N–H and O–H groups in total. The largest absolute Gasteiger partial charge is 0.393 e. The molecule has 2 rings (SSSR count). The fourth-order valence-corrected chi connectivity index (χ4v) is 2.85. The number of carbonyl (C=O) groups is 2. The van der Waals surface area contributed by atoms with Crippen molar-refractivity contribution in [3.05, 3.63) is 35.9 Å². The first-order valence-corrected chi connectivity index (χ1v) is 7.35. The van der Waals surface area contributed by atoms with Gasteiger partial charge in [-0.1, -0.05) is 49.5 Å². The van der Waals surface area contributed by atoms with Gasteiger partial charge in [-0.25, -0.2) is 0 Å². The number of rotatable bonds is 5. The van der Waals surface area contributed by atoms with Gasteiger partial charge in [-0.05, 0) is 12.0 Å². The van der Waals surface area contributed by atoms with E-state index in [2.05, 4.69) is 5.32 Å². The summed E-state index contributed by atoms with van der Waals surface area (Å²) >= 11 is 5.17. The minimum Gasteiger partial charge on any atom is -0.393 e. The lowest BCUT2D eigenvalue weighted by Crippen LogP contribution is -2.58. The number of piperazine rings is 1. The van der Waals surface area contributed by atoms with E-state index in [9.17, 15) is 9.59 Å². The van der Waals surface area contributed by atoms with Crippen LogP contribution in [0.4, 0.5) is 0 Å². The van der Waals surface area contributed by atoms with Crippen molar-refractivity contribution in [1.29, 1.82) is 0 Å². The van der Waals surface area contributed by atoms with Crippen LogP contribution in [-0.2, 0) is 9.59 Å². The molecule has 0 aromatic heterocycles. The Hall–Kier alpha value is -1.79. The molecule has 1 saturated heterocycles. The molecule has 2 atom stereocenters. The van der Waals surface area contributed by atoms with Crippen molar-refractivity contribution in [3.63, 3.8) is 0 Å². The van der Waals surface area contributed by atoms with E-state index in [-0.39, 0.29) is 30.3 Å². The van der Waals surface area contributed by atoms with Crippen LogP contribution in [0.1, 0.15) is 24.8 Å². The maximum atomic E-state index is 11.9. The van der Waals surface area contributed by atoms with Crippen molar-refractivity contribution in [2.24, 2.45) is 5.73 Å². The number of amides is 2. The molecule has 0 radical (unpaired) electrons. The van der Waals surface area contributed by atoms with Crippen LogP contribution in [0.25, 0.3) is 0 Å². The molecule has 5 nitrogen and oxygen atoms in total. The first kappa shape index (κ1) is 15.6. The molecule has 1 aromatic carbocycles. The monoisotopic (exact) mass is 305 g/mol. The van der Waals surface area contributed by atoms with Crippen LogP contribution < -0.4 is 11.1 Å². The van der Waals surface area contributed by atoms with Crippen LogP contribution in [0.15, 0.2) is 30.3 Å². The molecular weight excluding hydrogens is 286 g/mol. The molecule has 0 bridgehead atoms. The third kappa shape index (κ3) is 3.65. The Morgan fingerprint density at radius 1 is 1.43 bits per heavy atom. The molecule has 1 aromatic rings. The number of hydrogen-bond acceptors (Lipinski definition) is 4. The van der Waals surface area contributed by atoms with Gasteiger partial charge in [0.2, 0.25) is 11.8 Å². The summed E-state index contributed by atoms with van der Waals surface area (Å²) in [6.45, 7) is 2.58. The van der Waals surface area contributed by atoms with E-state index in [0.29, 0.717) is 18.0 Å². The molecule has 0 aliphatic carbocycles. The number of thiocarbonyl (C=S) groups is 1. The van der Waals surface area contributed by atoms with Crippen molar-refractivity contribution in [2.75, 3.05) is 13.1 Å². The van der Waals surface area contributed by atoms with Crippen molar-refractivity contribution in [2.45, 2.75) is 25.3 Å². The van der Waals surface area contributed by atoms with Crippen molar-refractivity contribution >= 4 is 29.0 Å². The van der Waals surface area contributed by atoms with E-state index in [1.54, 1.807) is 0 Å². The summed E-state index contributed by atoms with van der Waals surface area (Å²) in [5.41, 5.74) is 6.86. The highest BCUT2D eigenvalue weighted by Gasteiger charge is 2.34. The number of nitrogens with two attached hydrogens (primary N) is 1. The van der Waals surface area contributed by atoms with E-state index in [4.69, 9.17) is 18.0 Å². The fourth-order valence-electron chi connectivity index (χ4n) is 2.64. The van der Waals surface area contributed by atoms with Gasteiger partial charge in [0.05, 0.1) is 17.6 Å². The van der Waals surface area contributed by atoms with Crippen LogP contribution in [0.5, 0.6) is 0 Å². The third-order valence-corrected chi connectivity index (χ3v) is 3.99. The predicted molar refractivity (Wildman–Crippen MR) is 84.8 cm³/mol. The van der Waals surface area contributed by atoms with E-state index in [1.165, 1.54) is 0 Å². The standard InChI is InChI=1S/C15H19N3O2S/c1-2-12-15(20)17-13(19)9-18(12)8-11(14(16)21)10-6-4-3-5-7-10/h3-7,11-12H,2,8-9H2,1H3,(H2,16,21)(H,17,19,20). The Kier molecular flexibility index (Phi) is 5.03. The van der Waals surface area contributed by atoms with Gasteiger partial charge in [0.25, 0.3) is 0 Å². The lowest BCUT2D eigenvalue weighted by molar-refractivity contribution is -0.140. The number of carbonyl (C=O) groups excluding carboxylic acids is 2. The van der Waals surface area contributed by atoms with Crippen LogP contribution in [0.2, 0.25) is 0 Å². The van der Waals surface area contributed by atoms with E-state index < -0.39 is 0 Å². The lowest BCUT2D eigenvalue weighted by atomic mass is 9.96. The normalized spacial score (nSPS) is 20.9. The Bertz CT molecular complexity index is 547. The first-order chi connectivity index (χ1) is 10.0. The Labute approximate surface area is 129 Å². The van der Waals surface area contributed by atoms with Gasteiger partial charge in [0, 0.05) is 12.5 Å². The molecule has 0 spiro atoms. The Morgan fingerprint density at radius 3 is 2.67 bits per heavy atom. The topological polar surface area (TPSA) is 75.4 Å². The summed E-state index contributed by atoms with van der Waals surface area (Å²) in [7, 11) is 0. The van der Waals surface area contributed by atoms with Crippen LogP contribution >= 0.6 is 12.2 Å². The second-order valence-corrected chi connectivity index (χ2v) is 5.60. The minimum atomic E-state index is -0.316. The molecule has 6 heteroatoms. The fraction of sp³-hybridized carbons (Fsp3) is 0.400. The molecule has 112 valence electrons. The summed E-state index contributed by atoms with van der Waals surface area (Å²) in [6.07, 6.45) is 0.637. The number of benzene rings is 1. The van der Waals surface area contributed by atoms with Gasteiger partial charge < -0.3 is 5.73 Å². The SMILES string of the molecule is CCC1C(=O)NC(=O)CN1CC(C(N)=S)c1ccccc1. The highest BCUT2D eigenvalue weighted by atomic mass is 32.1. The predicted octanol–water partition coefficient (Wildman–Crippen LogP) is 0.793. The zero-order chi connectivity index (χ0) is 15.4. The molecular formula is C15H19N3O2S. The number of imide groups is 1. The van der Waals surface area contributed by atoms with Crippen molar-refractivity contribution in [1.82, 2.24) is 10.2 Å². The van der Waals surface area contributed by atoms with E-state index in [0.717, 1.165) is 5.56 Å². The van der Waals surface area contributed by atoms with Gasteiger partial charge >= 0.3 is 0 Å². The lowest BCUT2D eigenvalue weighted by Gasteiger charge is -2.35. The first-order valence-electron chi connectivity index (χ1n) is 6.95. The summed E-state index contributed by atoms with van der Waals surface area (Å²) < 4.78 is 0. The van der Waals surface area contributed by atoms with Gasteiger partial charge in [0.15, 0.2) is 0 Å².